The topological polar surface area (TPSA) is 139 Å². The van der Waals surface area contributed by atoms with Crippen molar-refractivity contribution in [2.45, 2.75) is 78.3 Å². The number of cyclic esters (lactones) is 1. The van der Waals surface area contributed by atoms with Crippen LogP contribution in [-0.4, -0.2) is 47.8 Å². The zero-order valence-electron chi connectivity index (χ0n) is 23.0. The van der Waals surface area contributed by atoms with E-state index in [9.17, 15) is 24.3 Å². The Morgan fingerprint density at radius 2 is 1.92 bits per heavy atom. The summed E-state index contributed by atoms with van der Waals surface area (Å²) in [6, 6.07) is 1.75. The fraction of sp³-hybridized carbons (Fsp3) is 0.586. The highest BCUT2D eigenvalue weighted by atomic mass is 16.6. The first-order valence-corrected chi connectivity index (χ1v) is 13.1. The van der Waals surface area contributed by atoms with Gasteiger partial charge in [0.1, 0.15) is 11.9 Å². The maximum absolute atomic E-state index is 12.8. The first kappa shape index (κ1) is 27.2. The largest absolute Gasteiger partial charge is 0.472 e. The van der Waals surface area contributed by atoms with Crippen LogP contribution in [0.4, 0.5) is 0 Å². The minimum Gasteiger partial charge on any atom is -0.472 e. The van der Waals surface area contributed by atoms with E-state index in [0.717, 1.165) is 5.57 Å². The lowest BCUT2D eigenvalue weighted by Gasteiger charge is -2.46. The molecule has 1 aromatic rings. The minimum absolute atomic E-state index is 0.0950. The molecule has 10 heteroatoms. The van der Waals surface area contributed by atoms with E-state index in [1.54, 1.807) is 19.3 Å². The number of Topliss-reactive ketones (excluding diaryl/α,β-unsaturated/α-hetero) is 1. The molecule has 1 saturated carbocycles. The van der Waals surface area contributed by atoms with Gasteiger partial charge in [-0.2, -0.15) is 0 Å². The molecular formula is C29H34O10. The van der Waals surface area contributed by atoms with Crippen molar-refractivity contribution in [3.8, 4) is 0 Å². The van der Waals surface area contributed by atoms with Gasteiger partial charge in [0.05, 0.1) is 31.5 Å². The van der Waals surface area contributed by atoms with Crippen LogP contribution in [0.2, 0.25) is 0 Å². The Bertz CT molecular complexity index is 1310. The number of carbonyl (C=O) groups is 4. The molecule has 2 aliphatic heterocycles. The van der Waals surface area contributed by atoms with Gasteiger partial charge in [0.15, 0.2) is 11.9 Å². The van der Waals surface area contributed by atoms with E-state index in [1.807, 2.05) is 13.8 Å². The molecule has 7 atom stereocenters. The zero-order chi connectivity index (χ0) is 28.5. The number of esters is 3. The maximum atomic E-state index is 12.8. The Morgan fingerprint density at radius 3 is 2.51 bits per heavy atom. The van der Waals surface area contributed by atoms with Gasteiger partial charge in [-0.15, -0.1) is 0 Å². The molecule has 1 N–H and O–H groups in total. The summed E-state index contributed by atoms with van der Waals surface area (Å²) in [5.41, 5.74) is -0.913. The normalized spacial score (nSPS) is 37.5. The van der Waals surface area contributed by atoms with Crippen LogP contribution in [0.15, 0.2) is 46.0 Å². The van der Waals surface area contributed by atoms with E-state index in [-0.39, 0.29) is 12.8 Å². The lowest BCUT2D eigenvalue weighted by atomic mass is 9.58. The molecule has 1 fully saturated rings. The van der Waals surface area contributed by atoms with Gasteiger partial charge in [-0.3, -0.25) is 14.4 Å². The third kappa shape index (κ3) is 3.71. The molecule has 0 radical (unpaired) electrons. The molecule has 0 amide bonds. The van der Waals surface area contributed by atoms with Crippen LogP contribution in [0.5, 0.6) is 0 Å². The molecule has 1 unspecified atom stereocenters. The molecule has 2 aliphatic carbocycles. The summed E-state index contributed by atoms with van der Waals surface area (Å²) in [5.74, 6) is -4.26. The molecule has 3 heterocycles. The monoisotopic (exact) mass is 542 g/mol. The van der Waals surface area contributed by atoms with Crippen LogP contribution in [0.25, 0.3) is 0 Å². The maximum Gasteiger partial charge on any atom is 0.331 e. The Kier molecular flexibility index (Phi) is 6.14. The second-order valence-electron chi connectivity index (χ2n) is 11.9. The van der Waals surface area contributed by atoms with Crippen molar-refractivity contribution in [3.63, 3.8) is 0 Å². The molecule has 39 heavy (non-hydrogen) atoms. The van der Waals surface area contributed by atoms with Crippen LogP contribution in [0.1, 0.15) is 72.0 Å². The predicted molar refractivity (Wildman–Crippen MR) is 133 cm³/mol. The number of rotatable bonds is 6. The summed E-state index contributed by atoms with van der Waals surface area (Å²) in [6.45, 7) is 8.07. The van der Waals surface area contributed by atoms with Gasteiger partial charge < -0.3 is 28.5 Å². The second kappa shape index (κ2) is 8.81. The highest BCUT2D eigenvalue weighted by Crippen LogP contribution is 2.73. The molecule has 0 saturated heterocycles. The van der Waals surface area contributed by atoms with Gasteiger partial charge in [0.25, 0.3) is 0 Å². The summed E-state index contributed by atoms with van der Waals surface area (Å²) in [4.78, 5) is 50.3. The van der Waals surface area contributed by atoms with Crippen molar-refractivity contribution >= 4 is 23.7 Å². The number of aliphatic hydroxyl groups is 1. The number of allylic oxidation sites excluding steroid dienone is 1. The van der Waals surface area contributed by atoms with Gasteiger partial charge >= 0.3 is 17.9 Å². The Morgan fingerprint density at radius 1 is 1.21 bits per heavy atom. The molecule has 10 nitrogen and oxygen atoms in total. The van der Waals surface area contributed by atoms with E-state index in [1.165, 1.54) is 33.3 Å². The summed E-state index contributed by atoms with van der Waals surface area (Å²) < 4.78 is 28.0. The molecule has 5 rings (SSSR count). The van der Waals surface area contributed by atoms with Crippen molar-refractivity contribution < 1.29 is 47.6 Å². The molecule has 0 bridgehead atoms. The van der Waals surface area contributed by atoms with Crippen LogP contribution in [0.3, 0.4) is 0 Å². The fourth-order valence-corrected chi connectivity index (χ4v) is 7.75. The van der Waals surface area contributed by atoms with Crippen molar-refractivity contribution in [3.05, 3.63) is 47.1 Å². The third-order valence-electron chi connectivity index (χ3n) is 9.62. The number of hydrogen-bond donors (Lipinski definition) is 1. The number of hydrogen-bond acceptors (Lipinski definition) is 10. The van der Waals surface area contributed by atoms with E-state index in [2.05, 4.69) is 0 Å². The summed E-state index contributed by atoms with van der Waals surface area (Å²) in [7, 11) is 1.27. The smallest absolute Gasteiger partial charge is 0.331 e. The molecule has 4 aliphatic rings. The minimum atomic E-state index is -1.85. The SMILES string of the molecule is COC(=O)C[C@H]1[C@@](C)(C(OC(C)=O)C(C)=O)C[C@]2(O)OC3=C(CC[C@]4(C)C3=CC(=O)O[C@H]4c3ccoc3)[C@]12C. The van der Waals surface area contributed by atoms with Gasteiger partial charge in [-0.05, 0) is 44.2 Å². The summed E-state index contributed by atoms with van der Waals surface area (Å²) >= 11 is 0. The number of ether oxygens (including phenoxy) is 4. The molecule has 0 spiro atoms. The van der Waals surface area contributed by atoms with Gasteiger partial charge in [0, 0.05) is 41.4 Å². The van der Waals surface area contributed by atoms with Gasteiger partial charge in [-0.1, -0.05) is 13.8 Å². The number of fused-ring (bicyclic) bond motifs is 4. The second-order valence-corrected chi connectivity index (χ2v) is 11.9. The molecule has 210 valence electrons. The van der Waals surface area contributed by atoms with E-state index < -0.39 is 63.8 Å². The molecular weight excluding hydrogens is 508 g/mol. The van der Waals surface area contributed by atoms with Crippen molar-refractivity contribution in [2.24, 2.45) is 22.2 Å². The van der Waals surface area contributed by atoms with Crippen LogP contribution >= 0.6 is 0 Å². The lowest BCUT2D eigenvalue weighted by molar-refractivity contribution is -0.210. The predicted octanol–water partition coefficient (Wildman–Crippen LogP) is 3.69. The quantitative estimate of drug-likeness (QED) is 0.418. The van der Waals surface area contributed by atoms with Gasteiger partial charge in [-0.25, -0.2) is 4.79 Å². The zero-order valence-corrected chi connectivity index (χ0v) is 23.0. The highest BCUT2D eigenvalue weighted by Gasteiger charge is 2.75. The standard InChI is InChI=1S/C29H34O10/c1-15(30)24(37-16(2)31)27(4)14-29(34)28(5,20(27)12-21(32)35-6)18-7-9-26(3)19(23(18)39-29)11-22(33)38-25(26)17-8-10-36-13-17/h8,10-11,13,20,24-25,34H,7,9,12,14H2,1-6H3/t20-,24?,25-,26+,27-,28+,29-/m0/s1. The molecule has 1 aromatic heterocycles. The first-order chi connectivity index (χ1) is 18.2. The third-order valence-corrected chi connectivity index (χ3v) is 9.62. The van der Waals surface area contributed by atoms with Crippen molar-refractivity contribution in [1.82, 2.24) is 0 Å². The highest BCUT2D eigenvalue weighted by molar-refractivity contribution is 5.86. The number of furan rings is 1. The van der Waals surface area contributed by atoms with E-state index >= 15 is 0 Å². The van der Waals surface area contributed by atoms with Crippen molar-refractivity contribution in [1.29, 1.82) is 0 Å². The van der Waals surface area contributed by atoms with Crippen molar-refractivity contribution in [2.75, 3.05) is 7.11 Å². The van der Waals surface area contributed by atoms with Crippen LogP contribution in [0, 0.1) is 22.2 Å². The average Bonchev–Trinajstić information content (AvgIpc) is 3.50. The lowest BCUT2D eigenvalue weighted by Crippen LogP contribution is -2.48. The Labute approximate surface area is 226 Å². The van der Waals surface area contributed by atoms with Crippen LogP contribution in [-0.2, 0) is 38.1 Å². The number of methoxy groups -OCH3 is 1. The fourth-order valence-electron chi connectivity index (χ4n) is 7.75. The molecule has 0 aromatic carbocycles. The summed E-state index contributed by atoms with van der Waals surface area (Å²) in [6.07, 6.45) is 3.42. The Balaban J connectivity index is 1.66. The Hall–Kier alpha value is -3.40. The average molecular weight is 543 g/mol. The first-order valence-electron chi connectivity index (χ1n) is 13.1. The van der Waals surface area contributed by atoms with E-state index in [4.69, 9.17) is 23.4 Å². The van der Waals surface area contributed by atoms with Gasteiger partial charge in [0.2, 0.25) is 5.79 Å². The number of ketones is 1. The summed E-state index contributed by atoms with van der Waals surface area (Å²) in [5, 5.41) is 12.2. The number of carbonyl (C=O) groups excluding carboxylic acids is 4. The van der Waals surface area contributed by atoms with E-state index in [0.29, 0.717) is 29.7 Å². The van der Waals surface area contributed by atoms with Crippen LogP contribution < -0.4 is 0 Å².